The van der Waals surface area contributed by atoms with E-state index in [1.807, 2.05) is 48.5 Å². The Bertz CT molecular complexity index is 910. The summed E-state index contributed by atoms with van der Waals surface area (Å²) in [5.41, 5.74) is 2.03. The molecule has 0 saturated carbocycles. The fourth-order valence-corrected chi connectivity index (χ4v) is 2.99. The van der Waals surface area contributed by atoms with E-state index in [-0.39, 0.29) is 24.4 Å². The highest BCUT2D eigenvalue weighted by molar-refractivity contribution is 5.94. The first-order valence-electron chi connectivity index (χ1n) is 10.6. The molecule has 0 amide bonds. The van der Waals surface area contributed by atoms with Crippen LogP contribution in [0.15, 0.2) is 60.7 Å². The van der Waals surface area contributed by atoms with Crippen LogP contribution < -0.4 is 9.47 Å². The van der Waals surface area contributed by atoms with Crippen LogP contribution in [0.1, 0.15) is 45.7 Å². The van der Waals surface area contributed by atoms with E-state index in [0.29, 0.717) is 5.75 Å². The lowest BCUT2D eigenvalue weighted by atomic mass is 9.78. The molecule has 6 nitrogen and oxygen atoms in total. The number of hydrogen-bond acceptors (Lipinski definition) is 6. The summed E-state index contributed by atoms with van der Waals surface area (Å²) >= 11 is 0. The molecule has 2 atom stereocenters. The van der Waals surface area contributed by atoms with Gasteiger partial charge in [-0.25, -0.2) is 4.79 Å². The maximum Gasteiger partial charge on any atom is 0.331 e. The van der Waals surface area contributed by atoms with Crippen LogP contribution in [0.4, 0.5) is 0 Å². The normalized spacial score (nSPS) is 13.4. The molecule has 6 heteroatoms. The van der Waals surface area contributed by atoms with Gasteiger partial charge in [0.25, 0.3) is 0 Å². The Kier molecular flexibility index (Phi) is 9.02. The van der Waals surface area contributed by atoms with Crippen molar-refractivity contribution < 1.29 is 28.9 Å². The molecular weight excluding hydrogens is 408 g/mol. The standard InChI is InChI=1S/C26H32O6/c1-18(27)6-15-25(29)32-20(3)17-31-24-13-9-22(10-14-24)26(4,5)21-7-11-23(12-8-21)30-16-19(2)28/h6-15,19-20,28H,16-17H2,1-5H3/b15-6+. The molecule has 0 aliphatic carbocycles. The van der Waals surface area contributed by atoms with Crippen molar-refractivity contribution in [3.8, 4) is 11.5 Å². The third-order valence-corrected chi connectivity index (χ3v) is 4.90. The minimum Gasteiger partial charge on any atom is -0.491 e. The fourth-order valence-electron chi connectivity index (χ4n) is 2.99. The molecule has 0 spiro atoms. The predicted octanol–water partition coefficient (Wildman–Crippen LogP) is 4.23. The summed E-state index contributed by atoms with van der Waals surface area (Å²) in [5, 5.41) is 9.34. The molecule has 32 heavy (non-hydrogen) atoms. The fraction of sp³-hybridized carbons (Fsp3) is 0.385. The number of aliphatic hydroxyl groups is 1. The van der Waals surface area contributed by atoms with E-state index < -0.39 is 18.2 Å². The maximum atomic E-state index is 11.6. The van der Waals surface area contributed by atoms with Crippen molar-refractivity contribution >= 4 is 11.8 Å². The monoisotopic (exact) mass is 440 g/mol. The number of aliphatic hydroxyl groups excluding tert-OH is 1. The van der Waals surface area contributed by atoms with Gasteiger partial charge in [0.15, 0.2) is 5.78 Å². The van der Waals surface area contributed by atoms with Crippen LogP contribution in [0.5, 0.6) is 11.5 Å². The van der Waals surface area contributed by atoms with E-state index in [1.54, 1.807) is 13.8 Å². The number of benzene rings is 2. The lowest BCUT2D eigenvalue weighted by molar-refractivity contribution is -0.143. The molecule has 0 aliphatic heterocycles. The lowest BCUT2D eigenvalue weighted by Crippen LogP contribution is -2.21. The number of ether oxygens (including phenoxy) is 3. The molecule has 0 radical (unpaired) electrons. The number of allylic oxidation sites excluding steroid dienone is 1. The summed E-state index contributed by atoms with van der Waals surface area (Å²) < 4.78 is 16.4. The largest absolute Gasteiger partial charge is 0.491 e. The van der Waals surface area contributed by atoms with Crippen molar-refractivity contribution in [2.75, 3.05) is 13.2 Å². The summed E-state index contributed by atoms with van der Waals surface area (Å²) in [4.78, 5) is 22.5. The van der Waals surface area contributed by atoms with Crippen LogP contribution in [-0.4, -0.2) is 42.3 Å². The van der Waals surface area contributed by atoms with Gasteiger partial charge in [0.1, 0.15) is 30.8 Å². The van der Waals surface area contributed by atoms with Crippen LogP contribution in [0, 0.1) is 0 Å². The molecule has 0 bridgehead atoms. The van der Waals surface area contributed by atoms with E-state index in [2.05, 4.69) is 13.8 Å². The topological polar surface area (TPSA) is 82.1 Å². The molecule has 2 aromatic rings. The number of hydrogen-bond donors (Lipinski definition) is 1. The molecule has 0 aromatic heterocycles. The van der Waals surface area contributed by atoms with Gasteiger partial charge in [0, 0.05) is 11.5 Å². The number of carbonyl (C=O) groups is 2. The van der Waals surface area contributed by atoms with Crippen LogP contribution >= 0.6 is 0 Å². The Morgan fingerprint density at radius 3 is 1.78 bits per heavy atom. The molecule has 0 heterocycles. The molecule has 0 aliphatic rings. The highest BCUT2D eigenvalue weighted by Gasteiger charge is 2.23. The first-order valence-corrected chi connectivity index (χ1v) is 10.6. The second-order valence-electron chi connectivity index (χ2n) is 8.34. The lowest BCUT2D eigenvalue weighted by Gasteiger charge is -2.26. The predicted molar refractivity (Wildman–Crippen MR) is 123 cm³/mol. The van der Waals surface area contributed by atoms with E-state index in [0.717, 1.165) is 23.0 Å². The summed E-state index contributed by atoms with van der Waals surface area (Å²) in [6.45, 7) is 9.53. The quantitative estimate of drug-likeness (QED) is 0.416. The molecule has 2 unspecified atom stereocenters. The van der Waals surface area contributed by atoms with Crippen LogP contribution in [0.3, 0.4) is 0 Å². The first-order chi connectivity index (χ1) is 15.1. The van der Waals surface area contributed by atoms with E-state index in [9.17, 15) is 14.7 Å². The molecule has 0 saturated heterocycles. The minimum absolute atomic E-state index is 0.205. The summed E-state index contributed by atoms with van der Waals surface area (Å²) in [7, 11) is 0. The minimum atomic E-state index is -0.573. The van der Waals surface area contributed by atoms with Crippen molar-refractivity contribution in [1.29, 1.82) is 0 Å². The third kappa shape index (κ3) is 7.85. The molecule has 0 fully saturated rings. The van der Waals surface area contributed by atoms with Gasteiger partial charge >= 0.3 is 5.97 Å². The molecule has 1 N–H and O–H groups in total. The Hall–Kier alpha value is -3.12. The van der Waals surface area contributed by atoms with Crippen LogP contribution in [0.2, 0.25) is 0 Å². The van der Waals surface area contributed by atoms with Crippen molar-refractivity contribution in [2.24, 2.45) is 0 Å². The van der Waals surface area contributed by atoms with Gasteiger partial charge in [-0.2, -0.15) is 0 Å². The maximum absolute atomic E-state index is 11.6. The molecule has 172 valence electrons. The summed E-state index contributed by atoms with van der Waals surface area (Å²) in [5.74, 6) is 0.611. The highest BCUT2D eigenvalue weighted by Crippen LogP contribution is 2.33. The Morgan fingerprint density at radius 1 is 0.875 bits per heavy atom. The number of rotatable bonds is 11. The molecule has 2 rings (SSSR count). The van der Waals surface area contributed by atoms with E-state index >= 15 is 0 Å². The molecular formula is C26H32O6. The zero-order valence-electron chi connectivity index (χ0n) is 19.3. The summed E-state index contributed by atoms with van der Waals surface area (Å²) in [6.07, 6.45) is 1.32. The van der Waals surface area contributed by atoms with Crippen molar-refractivity contribution in [1.82, 2.24) is 0 Å². The number of ketones is 1. The number of esters is 1. The Morgan fingerprint density at radius 2 is 1.34 bits per heavy atom. The number of carbonyl (C=O) groups excluding carboxylic acids is 2. The first kappa shape index (κ1) is 25.1. The van der Waals surface area contributed by atoms with Gasteiger partial charge in [-0.15, -0.1) is 0 Å². The Balaban J connectivity index is 1.94. The second-order valence-corrected chi connectivity index (χ2v) is 8.34. The SMILES string of the molecule is CC(=O)/C=C/C(=O)OC(C)COc1ccc(C(C)(C)c2ccc(OCC(C)O)cc2)cc1. The van der Waals surface area contributed by atoms with E-state index in [4.69, 9.17) is 14.2 Å². The average molecular weight is 441 g/mol. The summed E-state index contributed by atoms with van der Waals surface area (Å²) in [6, 6.07) is 15.7. The van der Waals surface area contributed by atoms with Gasteiger partial charge in [0.05, 0.1) is 6.10 Å². The van der Waals surface area contributed by atoms with Crippen LogP contribution in [0.25, 0.3) is 0 Å². The zero-order chi connectivity index (χ0) is 23.7. The van der Waals surface area contributed by atoms with Gasteiger partial charge in [-0.1, -0.05) is 38.1 Å². The van der Waals surface area contributed by atoms with Gasteiger partial charge in [-0.3, -0.25) is 4.79 Å². The van der Waals surface area contributed by atoms with Gasteiger partial charge in [-0.05, 0) is 62.2 Å². The Labute approximate surface area is 189 Å². The smallest absolute Gasteiger partial charge is 0.331 e. The zero-order valence-corrected chi connectivity index (χ0v) is 19.3. The van der Waals surface area contributed by atoms with Crippen LogP contribution in [-0.2, 0) is 19.7 Å². The van der Waals surface area contributed by atoms with Crippen molar-refractivity contribution in [2.45, 2.75) is 52.2 Å². The second kappa shape index (κ2) is 11.5. The van der Waals surface area contributed by atoms with Gasteiger partial charge in [0.2, 0.25) is 0 Å². The highest BCUT2D eigenvalue weighted by atomic mass is 16.6. The van der Waals surface area contributed by atoms with Crippen molar-refractivity contribution in [3.05, 3.63) is 71.8 Å². The van der Waals surface area contributed by atoms with Gasteiger partial charge < -0.3 is 19.3 Å². The van der Waals surface area contributed by atoms with E-state index in [1.165, 1.54) is 13.0 Å². The molecule has 2 aromatic carbocycles. The third-order valence-electron chi connectivity index (χ3n) is 4.90. The average Bonchev–Trinajstić information content (AvgIpc) is 2.75. The van der Waals surface area contributed by atoms with Crippen molar-refractivity contribution in [3.63, 3.8) is 0 Å².